The fraction of sp³-hybridized carbons (Fsp3) is 0.600. The van der Waals surface area contributed by atoms with E-state index in [-0.39, 0.29) is 12.5 Å². The number of anilines is 1. The Hall–Kier alpha value is -2.04. The van der Waals surface area contributed by atoms with Crippen LogP contribution in [0.2, 0.25) is 0 Å². The lowest BCUT2D eigenvalue weighted by atomic mass is 9.98. The third-order valence-corrected chi connectivity index (χ3v) is 4.89. The van der Waals surface area contributed by atoms with E-state index < -0.39 is 48.2 Å². The summed E-state index contributed by atoms with van der Waals surface area (Å²) in [6.07, 6.45) is -3.48. The molecule has 158 valence electrons. The third kappa shape index (κ3) is 4.29. The smallest absolute Gasteiger partial charge is 0.252 e. The van der Waals surface area contributed by atoms with E-state index in [0.29, 0.717) is 5.69 Å². The lowest BCUT2D eigenvalue weighted by Gasteiger charge is -2.36. The second-order valence-corrected chi connectivity index (χ2v) is 8.22. The maximum atomic E-state index is 12.8. The van der Waals surface area contributed by atoms with Gasteiger partial charge in [0, 0.05) is 5.69 Å². The number of hydrogen-bond donors (Lipinski definition) is 2. The van der Waals surface area contributed by atoms with Gasteiger partial charge in [-0.1, -0.05) is 18.2 Å². The first-order valence-electron chi connectivity index (χ1n) is 9.63. The second-order valence-electron chi connectivity index (χ2n) is 8.22. The average Bonchev–Trinajstić information content (AvgIpc) is 3.13. The molecule has 0 aliphatic carbocycles. The van der Waals surface area contributed by atoms with Crippen molar-refractivity contribution in [2.45, 2.75) is 70.0 Å². The Balaban J connectivity index is 1.41. The molecule has 3 aliphatic rings. The molecule has 3 aliphatic heterocycles. The van der Waals surface area contributed by atoms with Crippen LogP contribution in [0.3, 0.4) is 0 Å². The molecule has 2 N–H and O–H groups in total. The Kier molecular flexibility index (Phi) is 5.12. The van der Waals surface area contributed by atoms with Crippen LogP contribution in [0.15, 0.2) is 30.3 Å². The van der Waals surface area contributed by atoms with Gasteiger partial charge in [-0.05, 0) is 39.8 Å². The monoisotopic (exact) mass is 406 g/mol. The molecule has 4 rings (SSSR count). The standard InChI is InChI=1S/C20H26N2O7/c1-19(2)26-13-14(27-19)16-18(29-20(3,4)28-16)25-15(13)17(24)21-10-12(23)22-11-8-6-5-7-9-11/h5-9,13-16,18H,10H2,1-4H3,(H,21,24)(H,22,23)/t13-,14-,15-,16-,18+/m1/s1. The summed E-state index contributed by atoms with van der Waals surface area (Å²) in [4.78, 5) is 24.9. The van der Waals surface area contributed by atoms with Crippen molar-refractivity contribution in [3.8, 4) is 0 Å². The molecule has 2 amide bonds. The Morgan fingerprint density at radius 3 is 2.24 bits per heavy atom. The van der Waals surface area contributed by atoms with Crippen LogP contribution >= 0.6 is 0 Å². The molecular formula is C20H26N2O7. The van der Waals surface area contributed by atoms with E-state index in [0.717, 1.165) is 0 Å². The van der Waals surface area contributed by atoms with Gasteiger partial charge in [-0.2, -0.15) is 0 Å². The number of ether oxygens (including phenoxy) is 5. The van der Waals surface area contributed by atoms with Gasteiger partial charge in [-0.3, -0.25) is 9.59 Å². The normalized spacial score (nSPS) is 34.1. The number of carbonyl (C=O) groups is 2. The van der Waals surface area contributed by atoms with Gasteiger partial charge in [0.15, 0.2) is 24.0 Å². The van der Waals surface area contributed by atoms with Crippen molar-refractivity contribution < 1.29 is 33.3 Å². The number of para-hydroxylation sites is 1. The summed E-state index contributed by atoms with van der Waals surface area (Å²) in [6.45, 7) is 6.88. The molecule has 1 aromatic carbocycles. The molecule has 3 saturated heterocycles. The van der Waals surface area contributed by atoms with Crippen molar-refractivity contribution in [1.82, 2.24) is 5.32 Å². The highest BCUT2D eigenvalue weighted by molar-refractivity contribution is 5.95. The number of nitrogens with one attached hydrogen (secondary N) is 2. The van der Waals surface area contributed by atoms with Crippen molar-refractivity contribution in [3.63, 3.8) is 0 Å². The minimum atomic E-state index is -0.995. The van der Waals surface area contributed by atoms with Crippen LogP contribution in [-0.2, 0) is 33.3 Å². The van der Waals surface area contributed by atoms with Crippen molar-refractivity contribution in [2.75, 3.05) is 11.9 Å². The van der Waals surface area contributed by atoms with Gasteiger partial charge in [-0.25, -0.2) is 0 Å². The number of hydrogen-bond acceptors (Lipinski definition) is 7. The number of rotatable bonds is 4. The molecular weight excluding hydrogens is 380 g/mol. The van der Waals surface area contributed by atoms with Gasteiger partial charge in [0.1, 0.15) is 18.3 Å². The number of amides is 2. The van der Waals surface area contributed by atoms with Gasteiger partial charge in [0.25, 0.3) is 5.91 Å². The molecule has 0 spiro atoms. The first-order valence-corrected chi connectivity index (χ1v) is 9.63. The zero-order valence-electron chi connectivity index (χ0n) is 16.8. The third-order valence-electron chi connectivity index (χ3n) is 4.89. The minimum absolute atomic E-state index is 0.202. The van der Waals surface area contributed by atoms with Crippen LogP contribution in [0.1, 0.15) is 27.7 Å². The molecule has 9 heteroatoms. The van der Waals surface area contributed by atoms with Gasteiger partial charge >= 0.3 is 0 Å². The van der Waals surface area contributed by atoms with E-state index in [2.05, 4.69) is 10.6 Å². The average molecular weight is 406 g/mol. The Morgan fingerprint density at radius 1 is 0.897 bits per heavy atom. The number of benzene rings is 1. The summed E-state index contributed by atoms with van der Waals surface area (Å²) < 4.78 is 29.4. The van der Waals surface area contributed by atoms with Gasteiger partial charge in [0.05, 0.1) is 6.54 Å². The Labute approximate surface area is 169 Å². The maximum Gasteiger partial charge on any atom is 0.252 e. The van der Waals surface area contributed by atoms with Crippen LogP contribution in [0.4, 0.5) is 5.69 Å². The summed E-state index contributed by atoms with van der Waals surface area (Å²) in [7, 11) is 0. The van der Waals surface area contributed by atoms with Crippen LogP contribution in [-0.4, -0.2) is 60.6 Å². The summed E-state index contributed by atoms with van der Waals surface area (Å²) in [5.41, 5.74) is 0.650. The molecule has 0 bridgehead atoms. The van der Waals surface area contributed by atoms with E-state index in [9.17, 15) is 9.59 Å². The number of fused-ring (bicyclic) bond motifs is 3. The largest absolute Gasteiger partial charge is 0.345 e. The van der Waals surface area contributed by atoms with E-state index >= 15 is 0 Å². The predicted molar refractivity (Wildman–Crippen MR) is 101 cm³/mol. The molecule has 0 unspecified atom stereocenters. The van der Waals surface area contributed by atoms with Crippen molar-refractivity contribution in [2.24, 2.45) is 0 Å². The van der Waals surface area contributed by atoms with Crippen molar-refractivity contribution >= 4 is 17.5 Å². The van der Waals surface area contributed by atoms with E-state index in [1.165, 1.54) is 0 Å². The molecule has 0 radical (unpaired) electrons. The molecule has 0 aromatic heterocycles. The minimum Gasteiger partial charge on any atom is -0.345 e. The fourth-order valence-electron chi connectivity index (χ4n) is 3.82. The highest BCUT2D eigenvalue weighted by Gasteiger charge is 2.62. The quantitative estimate of drug-likeness (QED) is 0.773. The number of carbonyl (C=O) groups excluding carboxylic acids is 2. The van der Waals surface area contributed by atoms with Gasteiger partial charge in [0.2, 0.25) is 5.91 Å². The molecule has 0 saturated carbocycles. The van der Waals surface area contributed by atoms with Crippen molar-refractivity contribution in [3.05, 3.63) is 30.3 Å². The Morgan fingerprint density at radius 2 is 1.52 bits per heavy atom. The van der Waals surface area contributed by atoms with Gasteiger partial charge < -0.3 is 34.3 Å². The first-order chi connectivity index (χ1) is 13.6. The van der Waals surface area contributed by atoms with E-state index in [4.69, 9.17) is 23.7 Å². The van der Waals surface area contributed by atoms with Gasteiger partial charge in [-0.15, -0.1) is 0 Å². The van der Waals surface area contributed by atoms with E-state index in [1.54, 1.807) is 39.8 Å². The molecule has 1 aromatic rings. The molecule has 29 heavy (non-hydrogen) atoms. The summed E-state index contributed by atoms with van der Waals surface area (Å²) >= 11 is 0. The highest BCUT2D eigenvalue weighted by atomic mass is 16.9. The molecule has 3 heterocycles. The fourth-order valence-corrected chi connectivity index (χ4v) is 3.82. The summed E-state index contributed by atoms with van der Waals surface area (Å²) in [6, 6.07) is 9.00. The SMILES string of the molecule is CC1(C)O[C@@H]2[C@@H](O1)[C@H](C(=O)NCC(=O)Nc1ccccc1)O[C@H]1OC(C)(C)O[C@@H]12. The first kappa shape index (κ1) is 20.2. The van der Waals surface area contributed by atoms with E-state index in [1.807, 2.05) is 18.2 Å². The van der Waals surface area contributed by atoms with Crippen LogP contribution in [0, 0.1) is 0 Å². The Bertz CT molecular complexity index is 782. The lowest BCUT2D eigenvalue weighted by molar-refractivity contribution is -0.231. The molecule has 5 atom stereocenters. The predicted octanol–water partition coefficient (Wildman–Crippen LogP) is 1.14. The highest BCUT2D eigenvalue weighted by Crippen LogP contribution is 2.44. The molecule has 3 fully saturated rings. The van der Waals surface area contributed by atoms with Crippen LogP contribution in [0.25, 0.3) is 0 Å². The van der Waals surface area contributed by atoms with Crippen LogP contribution < -0.4 is 10.6 Å². The topological polar surface area (TPSA) is 104 Å². The van der Waals surface area contributed by atoms with Crippen molar-refractivity contribution in [1.29, 1.82) is 0 Å². The zero-order valence-corrected chi connectivity index (χ0v) is 16.8. The molecule has 9 nitrogen and oxygen atoms in total. The summed E-state index contributed by atoms with van der Waals surface area (Å²) in [5, 5.41) is 5.32. The lowest BCUT2D eigenvalue weighted by Crippen LogP contribution is -2.59. The zero-order chi connectivity index (χ0) is 20.8. The second kappa shape index (κ2) is 7.33. The maximum absolute atomic E-state index is 12.8. The summed E-state index contributed by atoms with van der Waals surface area (Å²) in [5.74, 6) is -2.58. The van der Waals surface area contributed by atoms with Crippen LogP contribution in [0.5, 0.6) is 0 Å².